The summed E-state index contributed by atoms with van der Waals surface area (Å²) in [5.41, 5.74) is -0.822. The average molecular weight is 466 g/mol. The van der Waals surface area contributed by atoms with Crippen LogP contribution >= 0.6 is 11.8 Å². The Morgan fingerprint density at radius 2 is 1.75 bits per heavy atom. The third-order valence-electron chi connectivity index (χ3n) is 5.60. The quantitative estimate of drug-likeness (QED) is 0.515. The highest BCUT2D eigenvalue weighted by atomic mass is 32.2. The number of pyridine rings is 1. The fourth-order valence-corrected chi connectivity index (χ4v) is 4.24. The zero-order valence-electron chi connectivity index (χ0n) is 19.4. The number of rotatable bonds is 10. The second-order valence-corrected chi connectivity index (χ2v) is 9.57. The highest BCUT2D eigenvalue weighted by Gasteiger charge is 2.26. The van der Waals surface area contributed by atoms with Gasteiger partial charge in [0.25, 0.3) is 11.8 Å². The van der Waals surface area contributed by atoms with Crippen LogP contribution in [0.4, 0.5) is 0 Å². The molecule has 0 aromatic carbocycles. The minimum Gasteiger partial charge on any atom is -0.467 e. The molecular weight excluding hydrogens is 430 g/mol. The number of amides is 2. The number of ether oxygens (including phenoxy) is 1. The molecule has 0 saturated heterocycles. The average Bonchev–Trinajstić information content (AvgIpc) is 2.80. The third-order valence-corrected chi connectivity index (χ3v) is 6.25. The largest absolute Gasteiger partial charge is 0.467 e. The van der Waals surface area contributed by atoms with Crippen LogP contribution < -0.4 is 16.1 Å². The number of hydrogen-bond acceptors (Lipinski definition) is 6. The molecule has 0 unspecified atom stereocenters. The van der Waals surface area contributed by atoms with Gasteiger partial charge in [-0.05, 0) is 37.2 Å². The van der Waals surface area contributed by atoms with Crippen LogP contribution in [0.2, 0.25) is 0 Å². The maximum Gasteiger partial charge on any atom is 0.328 e. The molecule has 8 nitrogen and oxygen atoms in total. The van der Waals surface area contributed by atoms with E-state index in [-0.39, 0.29) is 23.1 Å². The first-order valence-corrected chi connectivity index (χ1v) is 12.6. The molecule has 9 heteroatoms. The molecule has 0 aliphatic heterocycles. The molecule has 0 spiro atoms. The predicted octanol–water partition coefficient (Wildman–Crippen LogP) is 2.76. The van der Waals surface area contributed by atoms with Gasteiger partial charge in [0.1, 0.15) is 17.2 Å². The summed E-state index contributed by atoms with van der Waals surface area (Å²) in [5.74, 6) is -0.859. The monoisotopic (exact) mass is 465 g/mol. The lowest BCUT2D eigenvalue weighted by Crippen LogP contribution is -2.44. The minimum atomic E-state index is -0.860. The summed E-state index contributed by atoms with van der Waals surface area (Å²) >= 11 is 1.54. The SMILES string of the molecule is COC(=O)[C@H](CCSC)NC(=O)c1cn(C2CCCCC2)cc(C(=O)NCC(C)C)c1=O. The van der Waals surface area contributed by atoms with Crippen molar-refractivity contribution in [3.05, 3.63) is 33.7 Å². The zero-order valence-corrected chi connectivity index (χ0v) is 20.3. The van der Waals surface area contributed by atoms with Crippen LogP contribution in [-0.4, -0.2) is 54.1 Å². The first-order valence-electron chi connectivity index (χ1n) is 11.2. The van der Waals surface area contributed by atoms with Crippen LogP contribution in [0, 0.1) is 5.92 Å². The van der Waals surface area contributed by atoms with Gasteiger partial charge in [0, 0.05) is 25.0 Å². The molecule has 1 aromatic rings. The van der Waals surface area contributed by atoms with Gasteiger partial charge in [-0.15, -0.1) is 0 Å². The fourth-order valence-electron chi connectivity index (χ4n) is 3.77. The number of hydrogen-bond donors (Lipinski definition) is 2. The van der Waals surface area contributed by atoms with Crippen molar-refractivity contribution in [2.75, 3.05) is 25.7 Å². The number of nitrogens with zero attached hydrogens (tertiary/aromatic N) is 1. The molecule has 32 heavy (non-hydrogen) atoms. The van der Waals surface area contributed by atoms with Gasteiger partial charge in [-0.2, -0.15) is 11.8 Å². The standard InChI is InChI=1S/C23H35N3O5S/c1-15(2)12-24-21(28)17-13-26(16-8-6-5-7-9-16)14-18(20(17)27)22(29)25-19(10-11-32-4)23(30)31-3/h13-16,19H,5-12H2,1-4H3,(H,24,28)(H,25,29)/t19-/m0/s1. The van der Waals surface area contributed by atoms with Crippen molar-refractivity contribution >= 4 is 29.5 Å². The van der Waals surface area contributed by atoms with E-state index < -0.39 is 29.3 Å². The van der Waals surface area contributed by atoms with E-state index in [1.807, 2.05) is 24.7 Å². The van der Waals surface area contributed by atoms with Crippen molar-refractivity contribution in [2.24, 2.45) is 5.92 Å². The first kappa shape index (κ1) is 26.0. The van der Waals surface area contributed by atoms with Crippen LogP contribution in [0.5, 0.6) is 0 Å². The lowest BCUT2D eigenvalue weighted by Gasteiger charge is -2.26. The molecule has 1 atom stereocenters. The summed E-state index contributed by atoms with van der Waals surface area (Å²) in [6.07, 6.45) is 10.5. The Labute approximate surface area is 193 Å². The normalized spacial score (nSPS) is 15.3. The maximum absolute atomic E-state index is 13.1. The summed E-state index contributed by atoms with van der Waals surface area (Å²) < 4.78 is 6.63. The number of thioether (sulfide) groups is 1. The number of esters is 1. The number of carbonyl (C=O) groups excluding carboxylic acids is 3. The summed E-state index contributed by atoms with van der Waals surface area (Å²) in [7, 11) is 1.26. The van der Waals surface area contributed by atoms with Crippen LogP contribution in [0.15, 0.2) is 17.2 Å². The molecule has 2 rings (SSSR count). The van der Waals surface area contributed by atoms with Crippen LogP contribution in [0.25, 0.3) is 0 Å². The Bertz CT molecular complexity index is 862. The smallest absolute Gasteiger partial charge is 0.328 e. The Balaban J connectivity index is 2.40. The second kappa shape index (κ2) is 12.7. The van der Waals surface area contributed by atoms with E-state index in [4.69, 9.17) is 4.74 Å². The van der Waals surface area contributed by atoms with Gasteiger partial charge in [0.2, 0.25) is 5.43 Å². The molecule has 1 aliphatic rings. The van der Waals surface area contributed by atoms with Crippen LogP contribution in [0.1, 0.15) is 79.1 Å². The van der Waals surface area contributed by atoms with Gasteiger partial charge >= 0.3 is 5.97 Å². The number of nitrogens with one attached hydrogen (secondary N) is 2. The van der Waals surface area contributed by atoms with E-state index >= 15 is 0 Å². The van der Waals surface area contributed by atoms with Gasteiger partial charge in [-0.1, -0.05) is 33.1 Å². The first-order chi connectivity index (χ1) is 15.3. The molecule has 0 radical (unpaired) electrons. The maximum atomic E-state index is 13.1. The Hall–Kier alpha value is -2.29. The van der Waals surface area contributed by atoms with E-state index in [1.54, 1.807) is 18.0 Å². The van der Waals surface area contributed by atoms with E-state index in [0.29, 0.717) is 18.7 Å². The molecular formula is C23H35N3O5S. The highest BCUT2D eigenvalue weighted by molar-refractivity contribution is 7.98. The van der Waals surface area contributed by atoms with Crippen LogP contribution in [0.3, 0.4) is 0 Å². The Morgan fingerprint density at radius 3 is 2.31 bits per heavy atom. The third kappa shape index (κ3) is 7.12. The van der Waals surface area contributed by atoms with Crippen molar-refractivity contribution < 1.29 is 19.1 Å². The zero-order chi connectivity index (χ0) is 23.7. The Kier molecular flexibility index (Phi) is 10.3. The van der Waals surface area contributed by atoms with Crippen molar-refractivity contribution in [2.45, 2.75) is 64.5 Å². The van der Waals surface area contributed by atoms with Gasteiger partial charge in [0.15, 0.2) is 0 Å². The predicted molar refractivity (Wildman–Crippen MR) is 126 cm³/mol. The minimum absolute atomic E-state index is 0.0531. The number of aromatic nitrogens is 1. The van der Waals surface area contributed by atoms with Crippen molar-refractivity contribution in [1.82, 2.24) is 15.2 Å². The molecule has 1 fully saturated rings. The van der Waals surface area contributed by atoms with Gasteiger partial charge < -0.3 is 19.9 Å². The van der Waals surface area contributed by atoms with Crippen LogP contribution in [-0.2, 0) is 9.53 Å². The van der Waals surface area contributed by atoms with Crippen molar-refractivity contribution in [1.29, 1.82) is 0 Å². The number of methoxy groups -OCH3 is 1. The lowest BCUT2D eigenvalue weighted by molar-refractivity contribution is -0.142. The molecule has 2 N–H and O–H groups in total. The fraction of sp³-hybridized carbons (Fsp3) is 0.652. The van der Waals surface area contributed by atoms with Crippen molar-refractivity contribution in [3.8, 4) is 0 Å². The molecule has 1 heterocycles. The van der Waals surface area contributed by atoms with E-state index in [0.717, 1.165) is 32.1 Å². The van der Waals surface area contributed by atoms with Gasteiger partial charge in [0.05, 0.1) is 7.11 Å². The molecule has 1 aromatic heterocycles. The molecule has 1 aliphatic carbocycles. The van der Waals surface area contributed by atoms with E-state index in [2.05, 4.69) is 10.6 Å². The number of carbonyl (C=O) groups is 3. The summed E-state index contributed by atoms with van der Waals surface area (Å²) in [6, 6.07) is -0.735. The molecule has 178 valence electrons. The molecule has 1 saturated carbocycles. The summed E-state index contributed by atoms with van der Waals surface area (Å²) in [6.45, 7) is 4.36. The topological polar surface area (TPSA) is 106 Å². The van der Waals surface area contributed by atoms with Gasteiger partial charge in [-0.25, -0.2) is 4.79 Å². The summed E-state index contributed by atoms with van der Waals surface area (Å²) in [4.78, 5) is 51.1. The van der Waals surface area contributed by atoms with E-state index in [1.165, 1.54) is 13.3 Å². The molecule has 0 bridgehead atoms. The molecule has 2 amide bonds. The van der Waals surface area contributed by atoms with Gasteiger partial charge in [-0.3, -0.25) is 14.4 Å². The van der Waals surface area contributed by atoms with Crippen molar-refractivity contribution in [3.63, 3.8) is 0 Å². The Morgan fingerprint density at radius 1 is 1.12 bits per heavy atom. The second-order valence-electron chi connectivity index (χ2n) is 8.59. The van der Waals surface area contributed by atoms with E-state index in [9.17, 15) is 19.2 Å². The summed E-state index contributed by atoms with van der Waals surface area (Å²) in [5, 5.41) is 5.41. The lowest BCUT2D eigenvalue weighted by atomic mass is 9.95. The highest BCUT2D eigenvalue weighted by Crippen LogP contribution is 2.28.